The van der Waals surface area contributed by atoms with Gasteiger partial charge in [0.05, 0.1) is 32.3 Å². The fourth-order valence-electron chi connectivity index (χ4n) is 4.19. The third-order valence-electron chi connectivity index (χ3n) is 5.90. The Morgan fingerprint density at radius 2 is 1.89 bits per heavy atom. The Bertz CT molecular complexity index is 1290. The molecule has 1 heterocycles. The Morgan fingerprint density at radius 3 is 2.49 bits per heavy atom. The molecule has 0 saturated heterocycles. The molecule has 1 amide bonds. The standard InChI is InChI=1S/C25H24BFN2O6/c1-14-19(6-15-7-22(33-2)25(26(31)32)23(8-15)34-3)18-5-4-17(27)10-20(18)21(14)12-28-24(30)9-16-11-29-35-13-16/h4-8,10-11,13,31-32H,9,12H2,1-3H3,(H,28,30)/b19-6-. The van der Waals surface area contributed by atoms with Crippen LogP contribution >= 0.6 is 0 Å². The third-order valence-corrected chi connectivity index (χ3v) is 5.90. The van der Waals surface area contributed by atoms with Gasteiger partial charge in [-0.1, -0.05) is 11.2 Å². The first kappa shape index (κ1) is 24.2. The molecule has 0 atom stereocenters. The summed E-state index contributed by atoms with van der Waals surface area (Å²) in [7, 11) is 1.08. The number of methoxy groups -OCH3 is 2. The van der Waals surface area contributed by atoms with Gasteiger partial charge >= 0.3 is 7.12 Å². The molecule has 0 unspecified atom stereocenters. The number of hydrogen-bond acceptors (Lipinski definition) is 7. The number of fused-ring (bicyclic) bond motifs is 1. The SMILES string of the molecule is COc1cc(/C=C2/C(C)=C(CNC(=O)Cc3cnoc3)c3cc(F)ccc32)cc(OC)c1B(O)O. The van der Waals surface area contributed by atoms with Gasteiger partial charge in [-0.25, -0.2) is 4.39 Å². The number of ether oxygens (including phenoxy) is 2. The Balaban J connectivity index is 1.71. The summed E-state index contributed by atoms with van der Waals surface area (Å²) in [6, 6.07) is 7.87. The first-order valence-corrected chi connectivity index (χ1v) is 10.8. The number of allylic oxidation sites excluding steroid dienone is 2. The van der Waals surface area contributed by atoms with Crippen LogP contribution in [0.5, 0.6) is 11.5 Å². The van der Waals surface area contributed by atoms with Crippen molar-refractivity contribution in [2.75, 3.05) is 20.8 Å². The van der Waals surface area contributed by atoms with E-state index in [1.807, 2.05) is 13.0 Å². The van der Waals surface area contributed by atoms with E-state index in [0.29, 0.717) is 16.7 Å². The summed E-state index contributed by atoms with van der Waals surface area (Å²) >= 11 is 0. The number of halogens is 1. The van der Waals surface area contributed by atoms with Gasteiger partial charge in [0.15, 0.2) is 0 Å². The second-order valence-corrected chi connectivity index (χ2v) is 8.05. The Labute approximate surface area is 201 Å². The van der Waals surface area contributed by atoms with Gasteiger partial charge in [0.25, 0.3) is 0 Å². The van der Waals surface area contributed by atoms with Gasteiger partial charge < -0.3 is 29.4 Å². The molecule has 4 rings (SSSR count). The van der Waals surface area contributed by atoms with E-state index >= 15 is 0 Å². The van der Waals surface area contributed by atoms with Crippen LogP contribution in [0.1, 0.15) is 29.2 Å². The first-order chi connectivity index (χ1) is 16.8. The molecule has 3 aromatic rings. The molecule has 10 heteroatoms. The van der Waals surface area contributed by atoms with Crippen LogP contribution in [0.3, 0.4) is 0 Å². The van der Waals surface area contributed by atoms with Gasteiger partial charge in [0.1, 0.15) is 23.6 Å². The van der Waals surface area contributed by atoms with Crippen LogP contribution < -0.4 is 20.3 Å². The molecule has 0 radical (unpaired) electrons. The van der Waals surface area contributed by atoms with Crippen LogP contribution in [0, 0.1) is 5.82 Å². The normalized spacial score (nSPS) is 13.7. The summed E-state index contributed by atoms with van der Waals surface area (Å²) in [5.41, 5.74) is 5.48. The minimum atomic E-state index is -1.77. The number of aromatic nitrogens is 1. The zero-order valence-corrected chi connectivity index (χ0v) is 19.5. The minimum Gasteiger partial charge on any atom is -0.497 e. The second kappa shape index (κ2) is 10.2. The van der Waals surface area contributed by atoms with Gasteiger partial charge in [-0.05, 0) is 70.7 Å². The largest absolute Gasteiger partial charge is 0.497 e. The van der Waals surface area contributed by atoms with Crippen LogP contribution in [-0.2, 0) is 11.2 Å². The fourth-order valence-corrected chi connectivity index (χ4v) is 4.19. The van der Waals surface area contributed by atoms with E-state index in [-0.39, 0.29) is 41.7 Å². The van der Waals surface area contributed by atoms with Crippen molar-refractivity contribution in [3.8, 4) is 11.5 Å². The Morgan fingerprint density at radius 1 is 1.17 bits per heavy atom. The van der Waals surface area contributed by atoms with E-state index in [4.69, 9.17) is 14.0 Å². The Kier molecular flexibility index (Phi) is 7.04. The number of nitrogens with zero attached hydrogens (tertiary/aromatic N) is 1. The summed E-state index contributed by atoms with van der Waals surface area (Å²) in [5, 5.41) is 25.9. The zero-order valence-electron chi connectivity index (χ0n) is 19.5. The molecular formula is C25H24BFN2O6. The van der Waals surface area contributed by atoms with Crippen molar-refractivity contribution in [3.63, 3.8) is 0 Å². The third kappa shape index (κ3) is 4.98. The van der Waals surface area contributed by atoms with Crippen molar-refractivity contribution in [3.05, 3.63) is 76.4 Å². The van der Waals surface area contributed by atoms with Crippen LogP contribution in [0.25, 0.3) is 17.2 Å². The van der Waals surface area contributed by atoms with Gasteiger partial charge in [0.2, 0.25) is 5.91 Å². The van der Waals surface area contributed by atoms with Crippen molar-refractivity contribution in [1.29, 1.82) is 0 Å². The number of hydrogen-bond donors (Lipinski definition) is 3. The van der Waals surface area contributed by atoms with Gasteiger partial charge in [-0.2, -0.15) is 0 Å². The van der Waals surface area contributed by atoms with Crippen molar-refractivity contribution in [1.82, 2.24) is 10.5 Å². The van der Waals surface area contributed by atoms with E-state index < -0.39 is 7.12 Å². The van der Waals surface area contributed by atoms with E-state index in [2.05, 4.69) is 10.5 Å². The number of carbonyl (C=O) groups is 1. The highest BCUT2D eigenvalue weighted by molar-refractivity contribution is 6.61. The molecular weight excluding hydrogens is 454 g/mol. The molecule has 1 aliphatic carbocycles. The molecule has 8 nitrogen and oxygen atoms in total. The Hall–Kier alpha value is -3.89. The lowest BCUT2D eigenvalue weighted by Gasteiger charge is -2.14. The number of nitrogens with one attached hydrogen (secondary N) is 1. The molecule has 2 aromatic carbocycles. The molecule has 0 fully saturated rings. The summed E-state index contributed by atoms with van der Waals surface area (Å²) in [4.78, 5) is 12.4. The summed E-state index contributed by atoms with van der Waals surface area (Å²) < 4.78 is 29.6. The summed E-state index contributed by atoms with van der Waals surface area (Å²) in [6.07, 6.45) is 4.90. The maximum Gasteiger partial charge on any atom is 0.496 e. The van der Waals surface area contributed by atoms with Crippen LogP contribution in [0.2, 0.25) is 0 Å². The number of rotatable bonds is 8. The van der Waals surface area contributed by atoms with E-state index in [0.717, 1.165) is 22.3 Å². The van der Waals surface area contributed by atoms with Crippen LogP contribution in [0.15, 0.2) is 52.9 Å². The first-order valence-electron chi connectivity index (χ1n) is 10.8. The van der Waals surface area contributed by atoms with Gasteiger partial charge in [-0.3, -0.25) is 4.79 Å². The number of amides is 1. The molecule has 0 saturated carbocycles. The average molecular weight is 478 g/mol. The highest BCUT2D eigenvalue weighted by atomic mass is 19.1. The fraction of sp³-hybridized carbons (Fsp3) is 0.200. The molecule has 0 spiro atoms. The van der Waals surface area contributed by atoms with Crippen molar-refractivity contribution >= 4 is 35.7 Å². The topological polar surface area (TPSA) is 114 Å². The quantitative estimate of drug-likeness (QED) is 0.426. The molecule has 1 aromatic heterocycles. The average Bonchev–Trinajstić information content (AvgIpc) is 3.43. The minimum absolute atomic E-state index is 0.120. The van der Waals surface area contributed by atoms with Crippen LogP contribution in [0.4, 0.5) is 4.39 Å². The lowest BCUT2D eigenvalue weighted by atomic mass is 9.78. The van der Waals surface area contributed by atoms with Crippen molar-refractivity contribution in [2.24, 2.45) is 0 Å². The molecule has 1 aliphatic rings. The lowest BCUT2D eigenvalue weighted by Crippen LogP contribution is -2.32. The van der Waals surface area contributed by atoms with E-state index in [1.54, 1.807) is 18.2 Å². The molecule has 3 N–H and O–H groups in total. The second-order valence-electron chi connectivity index (χ2n) is 8.05. The predicted molar refractivity (Wildman–Crippen MR) is 129 cm³/mol. The van der Waals surface area contributed by atoms with Crippen LogP contribution in [-0.4, -0.2) is 49.0 Å². The predicted octanol–water partition coefficient (Wildman–Crippen LogP) is 2.20. The molecule has 0 aliphatic heterocycles. The maximum absolute atomic E-state index is 14.2. The van der Waals surface area contributed by atoms with Crippen molar-refractivity contribution < 1.29 is 33.2 Å². The smallest absolute Gasteiger partial charge is 0.496 e. The lowest BCUT2D eigenvalue weighted by molar-refractivity contribution is -0.120. The monoisotopic (exact) mass is 478 g/mol. The van der Waals surface area contributed by atoms with E-state index in [9.17, 15) is 19.2 Å². The number of carbonyl (C=O) groups excluding carboxylic acids is 1. The summed E-state index contributed by atoms with van der Waals surface area (Å²) in [5.74, 6) is -0.0787. The molecule has 35 heavy (non-hydrogen) atoms. The highest BCUT2D eigenvalue weighted by Crippen LogP contribution is 2.42. The molecule has 0 bridgehead atoms. The zero-order chi connectivity index (χ0) is 25.1. The highest BCUT2D eigenvalue weighted by Gasteiger charge is 2.26. The van der Waals surface area contributed by atoms with Crippen molar-refractivity contribution in [2.45, 2.75) is 13.3 Å². The molecule has 180 valence electrons. The maximum atomic E-state index is 14.2. The number of benzene rings is 2. The van der Waals surface area contributed by atoms with Gasteiger partial charge in [-0.15, -0.1) is 0 Å². The summed E-state index contributed by atoms with van der Waals surface area (Å²) in [6.45, 7) is 2.12. The van der Waals surface area contributed by atoms with E-state index in [1.165, 1.54) is 38.8 Å². The van der Waals surface area contributed by atoms with Gasteiger partial charge in [0, 0.05) is 12.1 Å².